The molecule has 4 aromatic rings. The number of hydrogen-bond acceptors (Lipinski definition) is 10. The molecular formula is C24H25F4N9O2. The second kappa shape index (κ2) is 10.2. The maximum atomic E-state index is 14.9. The highest BCUT2D eigenvalue weighted by Crippen LogP contribution is 2.33. The van der Waals surface area contributed by atoms with Gasteiger partial charge in [0.2, 0.25) is 0 Å². The molecule has 0 bridgehead atoms. The molecule has 1 saturated heterocycles. The highest BCUT2D eigenvalue weighted by molar-refractivity contribution is 5.81. The fourth-order valence-electron chi connectivity index (χ4n) is 4.76. The number of hydrogen-bond donors (Lipinski definition) is 3. The lowest BCUT2D eigenvalue weighted by atomic mass is 9.84. The molecule has 1 aliphatic heterocycles. The van der Waals surface area contributed by atoms with Gasteiger partial charge in [0.15, 0.2) is 28.8 Å². The van der Waals surface area contributed by atoms with Crippen LogP contribution in [-0.4, -0.2) is 72.9 Å². The first-order valence-electron chi connectivity index (χ1n) is 11.9. The number of nitrogen functional groups attached to an aromatic ring is 1. The molecule has 206 valence electrons. The number of piperidine rings is 1. The van der Waals surface area contributed by atoms with E-state index in [0.29, 0.717) is 24.1 Å². The zero-order valence-corrected chi connectivity index (χ0v) is 20.7. The molecule has 1 fully saturated rings. The van der Waals surface area contributed by atoms with Crippen molar-refractivity contribution in [3.05, 3.63) is 48.3 Å². The van der Waals surface area contributed by atoms with E-state index < -0.39 is 29.7 Å². The van der Waals surface area contributed by atoms with Gasteiger partial charge in [0.1, 0.15) is 29.5 Å². The molecule has 0 amide bonds. The molecule has 0 radical (unpaired) electrons. The Morgan fingerprint density at radius 2 is 1.95 bits per heavy atom. The lowest BCUT2D eigenvalue weighted by molar-refractivity contribution is -0.0530. The average Bonchev–Trinajstić information content (AvgIpc) is 3.33. The van der Waals surface area contributed by atoms with Crippen LogP contribution in [0.4, 0.5) is 29.2 Å². The Labute approximate surface area is 219 Å². The molecule has 2 atom stereocenters. The predicted molar refractivity (Wildman–Crippen MR) is 133 cm³/mol. The van der Waals surface area contributed by atoms with Gasteiger partial charge < -0.3 is 30.8 Å². The van der Waals surface area contributed by atoms with E-state index in [1.807, 2.05) is 0 Å². The maximum Gasteiger partial charge on any atom is 0.265 e. The van der Waals surface area contributed by atoms with E-state index >= 15 is 0 Å². The van der Waals surface area contributed by atoms with Crippen molar-refractivity contribution >= 4 is 22.8 Å². The van der Waals surface area contributed by atoms with Crippen LogP contribution in [0.15, 0.2) is 31.0 Å². The zero-order valence-electron chi connectivity index (χ0n) is 20.7. The number of imidazole rings is 1. The number of rotatable bonds is 7. The number of ether oxygens (including phenoxy) is 1. The SMILES string of the molecule is COc1cc(F)c(-c2cnc(N3CCC[C@](N)(C(O)C(F)F)C3)c(Cn3cnc4c(N)ncnc43)n2)cc1F. The predicted octanol–water partition coefficient (Wildman–Crippen LogP) is 2.12. The third kappa shape index (κ3) is 4.90. The number of alkyl halides is 2. The summed E-state index contributed by atoms with van der Waals surface area (Å²) in [6.07, 6.45) is -0.513. The Bertz CT molecular complexity index is 1520. The van der Waals surface area contributed by atoms with Gasteiger partial charge in [-0.2, -0.15) is 0 Å². The van der Waals surface area contributed by atoms with Gasteiger partial charge in [0.25, 0.3) is 6.43 Å². The number of anilines is 2. The Morgan fingerprint density at radius 3 is 2.69 bits per heavy atom. The average molecular weight is 548 g/mol. The lowest BCUT2D eigenvalue weighted by Crippen LogP contribution is -2.63. The lowest BCUT2D eigenvalue weighted by Gasteiger charge is -2.43. The van der Waals surface area contributed by atoms with Crippen molar-refractivity contribution in [2.75, 3.05) is 30.8 Å². The zero-order chi connectivity index (χ0) is 27.9. The van der Waals surface area contributed by atoms with E-state index in [0.717, 1.165) is 12.1 Å². The maximum absolute atomic E-state index is 14.9. The molecule has 1 unspecified atom stereocenters. The van der Waals surface area contributed by atoms with E-state index in [1.54, 1.807) is 9.47 Å². The minimum atomic E-state index is -3.03. The van der Waals surface area contributed by atoms with Crippen molar-refractivity contribution in [1.29, 1.82) is 0 Å². The molecule has 5 N–H and O–H groups in total. The molecule has 3 aromatic heterocycles. The van der Waals surface area contributed by atoms with E-state index in [2.05, 4.69) is 24.9 Å². The van der Waals surface area contributed by atoms with Crippen LogP contribution in [-0.2, 0) is 6.54 Å². The molecule has 5 rings (SSSR count). The Hall–Kier alpha value is -4.11. The summed E-state index contributed by atoms with van der Waals surface area (Å²) in [6.45, 7) is 0.265. The van der Waals surface area contributed by atoms with Crippen molar-refractivity contribution in [2.45, 2.75) is 37.5 Å². The fraction of sp³-hybridized carbons (Fsp3) is 0.375. The summed E-state index contributed by atoms with van der Waals surface area (Å²) in [5.41, 5.74) is 11.4. The first kappa shape index (κ1) is 26.5. The molecule has 4 heterocycles. The van der Waals surface area contributed by atoms with E-state index in [1.165, 1.54) is 26.0 Å². The van der Waals surface area contributed by atoms with Crippen molar-refractivity contribution < 1.29 is 27.4 Å². The number of nitrogens with two attached hydrogens (primary N) is 2. The summed E-state index contributed by atoms with van der Waals surface area (Å²) in [5.74, 6) is -1.41. The standard InChI is InChI=1S/C24H25F4N9O2/c1-39-17-6-13(25)12(5-14(17)26)15-7-31-22(36-4-2-3-24(30,9-36)19(38)20(27)28)16(35-15)8-37-11-34-18-21(29)32-10-33-23(18)37/h5-7,10-11,19-20,38H,2-4,8-9,30H2,1H3,(H2,29,32,33)/t19?,24-/m1/s1. The van der Waals surface area contributed by atoms with E-state index in [4.69, 9.17) is 16.2 Å². The summed E-state index contributed by atoms with van der Waals surface area (Å²) < 4.78 is 62.6. The quantitative estimate of drug-likeness (QED) is 0.293. The van der Waals surface area contributed by atoms with E-state index in [9.17, 15) is 22.7 Å². The van der Waals surface area contributed by atoms with Crippen LogP contribution in [0.1, 0.15) is 18.5 Å². The highest BCUT2D eigenvalue weighted by atomic mass is 19.3. The summed E-state index contributed by atoms with van der Waals surface area (Å²) >= 11 is 0. The smallest absolute Gasteiger partial charge is 0.265 e. The molecule has 11 nitrogen and oxygen atoms in total. The van der Waals surface area contributed by atoms with Crippen LogP contribution in [0.3, 0.4) is 0 Å². The van der Waals surface area contributed by atoms with Gasteiger partial charge in [0.05, 0.1) is 37.4 Å². The molecule has 39 heavy (non-hydrogen) atoms. The Kier molecular flexibility index (Phi) is 6.94. The largest absolute Gasteiger partial charge is 0.494 e. The number of nitrogens with zero attached hydrogens (tertiary/aromatic N) is 7. The summed E-state index contributed by atoms with van der Waals surface area (Å²) in [5, 5.41) is 10.1. The van der Waals surface area contributed by atoms with Crippen LogP contribution >= 0.6 is 0 Å². The summed E-state index contributed by atoms with van der Waals surface area (Å²) in [4.78, 5) is 23.1. The third-order valence-corrected chi connectivity index (χ3v) is 6.77. The fourth-order valence-corrected chi connectivity index (χ4v) is 4.76. The van der Waals surface area contributed by atoms with Crippen LogP contribution in [0, 0.1) is 11.6 Å². The van der Waals surface area contributed by atoms with Gasteiger partial charge in [-0.1, -0.05) is 0 Å². The van der Waals surface area contributed by atoms with Crippen LogP contribution < -0.4 is 21.1 Å². The first-order chi connectivity index (χ1) is 18.6. The second-order valence-electron chi connectivity index (χ2n) is 9.33. The van der Waals surface area contributed by atoms with Gasteiger partial charge in [-0.15, -0.1) is 0 Å². The number of aliphatic hydroxyl groups excluding tert-OH is 1. The molecule has 0 saturated carbocycles. The highest BCUT2D eigenvalue weighted by Gasteiger charge is 2.43. The third-order valence-electron chi connectivity index (χ3n) is 6.77. The molecule has 1 aromatic carbocycles. The number of fused-ring (bicyclic) bond motifs is 1. The van der Waals surface area contributed by atoms with E-state index in [-0.39, 0.29) is 53.8 Å². The van der Waals surface area contributed by atoms with Crippen molar-refractivity contribution in [1.82, 2.24) is 29.5 Å². The van der Waals surface area contributed by atoms with Crippen LogP contribution in [0.5, 0.6) is 5.75 Å². The topological polar surface area (TPSA) is 154 Å². The summed E-state index contributed by atoms with van der Waals surface area (Å²) in [7, 11) is 1.22. The summed E-state index contributed by atoms with van der Waals surface area (Å²) in [6, 6.07) is 1.86. The van der Waals surface area contributed by atoms with Gasteiger partial charge in [0, 0.05) is 24.7 Å². The van der Waals surface area contributed by atoms with Gasteiger partial charge in [-0.25, -0.2) is 42.5 Å². The van der Waals surface area contributed by atoms with Gasteiger partial charge in [-0.3, -0.25) is 0 Å². The van der Waals surface area contributed by atoms with Crippen molar-refractivity contribution in [3.63, 3.8) is 0 Å². The molecular weight excluding hydrogens is 522 g/mol. The number of halogens is 4. The first-order valence-corrected chi connectivity index (χ1v) is 11.9. The molecule has 15 heteroatoms. The Balaban J connectivity index is 1.60. The minimum absolute atomic E-state index is 0.00878. The molecule has 1 aliphatic rings. The van der Waals surface area contributed by atoms with Crippen molar-refractivity contribution in [2.24, 2.45) is 5.73 Å². The molecule has 0 aliphatic carbocycles. The number of methoxy groups -OCH3 is 1. The minimum Gasteiger partial charge on any atom is -0.494 e. The monoisotopic (exact) mass is 547 g/mol. The number of aromatic nitrogens is 6. The van der Waals surface area contributed by atoms with Crippen LogP contribution in [0.25, 0.3) is 22.4 Å². The normalized spacial score (nSPS) is 18.6. The van der Waals surface area contributed by atoms with Crippen molar-refractivity contribution in [3.8, 4) is 17.0 Å². The number of benzene rings is 1. The second-order valence-corrected chi connectivity index (χ2v) is 9.33. The molecule has 0 spiro atoms. The van der Waals surface area contributed by atoms with Gasteiger partial charge in [-0.05, 0) is 18.9 Å². The Morgan fingerprint density at radius 1 is 1.15 bits per heavy atom. The van der Waals surface area contributed by atoms with Gasteiger partial charge >= 0.3 is 0 Å². The number of aliphatic hydroxyl groups is 1. The van der Waals surface area contributed by atoms with Crippen LogP contribution in [0.2, 0.25) is 0 Å².